The van der Waals surface area contributed by atoms with E-state index in [4.69, 9.17) is 0 Å². The lowest BCUT2D eigenvalue weighted by atomic mass is 10.0. The van der Waals surface area contributed by atoms with E-state index >= 15 is 0 Å². The van der Waals surface area contributed by atoms with Gasteiger partial charge in [0.1, 0.15) is 6.04 Å². The van der Waals surface area contributed by atoms with Crippen LogP contribution < -0.4 is 0 Å². The van der Waals surface area contributed by atoms with Gasteiger partial charge in [-0.15, -0.1) is 0 Å². The quantitative estimate of drug-likeness (QED) is 0.776. The summed E-state index contributed by atoms with van der Waals surface area (Å²) in [7, 11) is 0. The Morgan fingerprint density at radius 3 is 2.39 bits per heavy atom. The maximum absolute atomic E-state index is 12.6. The molecule has 4 nitrogen and oxygen atoms in total. The second kappa shape index (κ2) is 8.14. The van der Waals surface area contributed by atoms with Gasteiger partial charge in [0, 0.05) is 13.1 Å². The molecule has 126 valence electrons. The molecule has 1 aliphatic rings. The van der Waals surface area contributed by atoms with E-state index in [9.17, 15) is 9.59 Å². The molecule has 1 atom stereocenters. The van der Waals surface area contributed by atoms with Gasteiger partial charge in [0.25, 0.3) is 0 Å². The van der Waals surface area contributed by atoms with Gasteiger partial charge in [-0.1, -0.05) is 57.0 Å². The van der Waals surface area contributed by atoms with Crippen molar-refractivity contribution in [2.45, 2.75) is 46.1 Å². The maximum atomic E-state index is 12.6. The summed E-state index contributed by atoms with van der Waals surface area (Å²) in [6, 6.07) is 9.75. The Morgan fingerprint density at radius 1 is 1.13 bits per heavy atom. The first-order valence-corrected chi connectivity index (χ1v) is 8.69. The lowest BCUT2D eigenvalue weighted by Gasteiger charge is -2.40. The molecular weight excluding hydrogens is 288 g/mol. The van der Waals surface area contributed by atoms with Crippen molar-refractivity contribution in [3.05, 3.63) is 35.9 Å². The molecule has 2 amide bonds. The standard InChI is InChI=1S/C19H28N2O2/c1-4-16(5-2)13-21-15(3)19(23)20(14-18(21)22)12-11-17-9-7-6-8-10-17/h6-10,15-16H,4-5,11-14H2,1-3H3/t15-/m1/s1. The zero-order chi connectivity index (χ0) is 16.8. The summed E-state index contributed by atoms with van der Waals surface area (Å²) in [5.74, 6) is 0.633. The molecule has 0 saturated carbocycles. The molecule has 1 aliphatic heterocycles. The Balaban J connectivity index is 1.96. The summed E-state index contributed by atoms with van der Waals surface area (Å²) in [5.41, 5.74) is 1.19. The van der Waals surface area contributed by atoms with Gasteiger partial charge in [0.2, 0.25) is 11.8 Å². The molecule has 0 unspecified atom stereocenters. The molecule has 23 heavy (non-hydrogen) atoms. The predicted molar refractivity (Wildman–Crippen MR) is 92.0 cm³/mol. The van der Waals surface area contributed by atoms with Gasteiger partial charge in [-0.3, -0.25) is 9.59 Å². The highest BCUT2D eigenvalue weighted by atomic mass is 16.2. The van der Waals surface area contributed by atoms with Gasteiger partial charge in [0.15, 0.2) is 0 Å². The Bertz CT molecular complexity index is 525. The number of benzene rings is 1. The number of hydrogen-bond donors (Lipinski definition) is 0. The maximum Gasteiger partial charge on any atom is 0.245 e. The Labute approximate surface area is 139 Å². The van der Waals surface area contributed by atoms with E-state index in [2.05, 4.69) is 26.0 Å². The molecule has 1 saturated heterocycles. The fourth-order valence-electron chi connectivity index (χ4n) is 3.13. The lowest BCUT2D eigenvalue weighted by Crippen LogP contribution is -2.59. The van der Waals surface area contributed by atoms with Crippen LogP contribution in [-0.4, -0.2) is 47.3 Å². The molecular formula is C19H28N2O2. The molecule has 0 aliphatic carbocycles. The molecule has 1 aromatic carbocycles. The molecule has 0 aromatic heterocycles. The highest BCUT2D eigenvalue weighted by Gasteiger charge is 2.36. The van der Waals surface area contributed by atoms with Gasteiger partial charge in [-0.05, 0) is 24.8 Å². The third-order valence-corrected chi connectivity index (χ3v) is 4.91. The normalized spacial score (nSPS) is 18.9. The molecule has 0 N–H and O–H groups in total. The number of rotatable bonds is 7. The minimum Gasteiger partial charge on any atom is -0.331 e. The third kappa shape index (κ3) is 4.34. The smallest absolute Gasteiger partial charge is 0.245 e. The van der Waals surface area contributed by atoms with Crippen molar-refractivity contribution >= 4 is 11.8 Å². The van der Waals surface area contributed by atoms with Gasteiger partial charge >= 0.3 is 0 Å². The molecule has 4 heteroatoms. The number of carbonyl (C=O) groups excluding carboxylic acids is 2. The summed E-state index contributed by atoms with van der Waals surface area (Å²) < 4.78 is 0. The van der Waals surface area contributed by atoms with E-state index in [1.54, 1.807) is 9.80 Å². The monoisotopic (exact) mass is 316 g/mol. The third-order valence-electron chi connectivity index (χ3n) is 4.91. The molecule has 1 fully saturated rings. The van der Waals surface area contributed by atoms with Crippen molar-refractivity contribution in [3.63, 3.8) is 0 Å². The van der Waals surface area contributed by atoms with Gasteiger partial charge < -0.3 is 9.80 Å². The van der Waals surface area contributed by atoms with Crippen LogP contribution in [0.1, 0.15) is 39.2 Å². The van der Waals surface area contributed by atoms with Crippen LogP contribution in [0.4, 0.5) is 0 Å². The number of carbonyl (C=O) groups is 2. The van der Waals surface area contributed by atoms with E-state index in [0.717, 1.165) is 19.3 Å². The zero-order valence-corrected chi connectivity index (χ0v) is 14.5. The van der Waals surface area contributed by atoms with Crippen LogP contribution in [0, 0.1) is 5.92 Å². The van der Waals surface area contributed by atoms with Crippen LogP contribution in [0.15, 0.2) is 30.3 Å². The van der Waals surface area contributed by atoms with E-state index in [-0.39, 0.29) is 24.4 Å². The first-order chi connectivity index (χ1) is 11.1. The van der Waals surface area contributed by atoms with Gasteiger partial charge in [-0.2, -0.15) is 0 Å². The zero-order valence-electron chi connectivity index (χ0n) is 14.5. The topological polar surface area (TPSA) is 40.6 Å². The van der Waals surface area contributed by atoms with Gasteiger partial charge in [-0.25, -0.2) is 0 Å². The minimum absolute atomic E-state index is 0.0755. The predicted octanol–water partition coefficient (Wildman–Crippen LogP) is 2.72. The van der Waals surface area contributed by atoms with Crippen LogP contribution in [0.3, 0.4) is 0 Å². The van der Waals surface area contributed by atoms with E-state index in [1.165, 1.54) is 5.56 Å². The first-order valence-electron chi connectivity index (χ1n) is 8.69. The van der Waals surface area contributed by atoms with Gasteiger partial charge in [0.05, 0.1) is 6.54 Å². The molecule has 1 heterocycles. The van der Waals surface area contributed by atoms with Crippen molar-refractivity contribution in [1.82, 2.24) is 9.80 Å². The summed E-state index contributed by atoms with van der Waals surface area (Å²) in [6.45, 7) is 7.67. The Kier molecular flexibility index (Phi) is 6.20. The number of hydrogen-bond acceptors (Lipinski definition) is 2. The van der Waals surface area contributed by atoms with Crippen LogP contribution in [0.2, 0.25) is 0 Å². The number of piperazine rings is 1. The second-order valence-electron chi connectivity index (χ2n) is 6.40. The molecule has 2 rings (SSSR count). The van der Waals surface area contributed by atoms with E-state index < -0.39 is 0 Å². The van der Waals surface area contributed by atoms with Crippen LogP contribution >= 0.6 is 0 Å². The Hall–Kier alpha value is -1.84. The van der Waals surface area contributed by atoms with E-state index in [0.29, 0.717) is 19.0 Å². The molecule has 0 radical (unpaired) electrons. The van der Waals surface area contributed by atoms with E-state index in [1.807, 2.05) is 25.1 Å². The van der Waals surface area contributed by atoms with Crippen LogP contribution in [0.5, 0.6) is 0 Å². The number of nitrogens with zero attached hydrogens (tertiary/aromatic N) is 2. The largest absolute Gasteiger partial charge is 0.331 e. The highest BCUT2D eigenvalue weighted by Crippen LogP contribution is 2.18. The summed E-state index contributed by atoms with van der Waals surface area (Å²) in [4.78, 5) is 28.6. The SMILES string of the molecule is CCC(CC)CN1C(=O)CN(CCc2ccccc2)C(=O)[C@H]1C. The second-order valence-corrected chi connectivity index (χ2v) is 6.40. The van der Waals surface area contributed by atoms with Crippen molar-refractivity contribution in [2.24, 2.45) is 5.92 Å². The minimum atomic E-state index is -0.340. The summed E-state index contributed by atoms with van der Waals surface area (Å²) in [5, 5.41) is 0. The van der Waals surface area contributed by atoms with Crippen molar-refractivity contribution in [3.8, 4) is 0 Å². The fraction of sp³-hybridized carbons (Fsp3) is 0.579. The van der Waals surface area contributed by atoms with Crippen LogP contribution in [0.25, 0.3) is 0 Å². The Morgan fingerprint density at radius 2 is 1.78 bits per heavy atom. The van der Waals surface area contributed by atoms with Crippen molar-refractivity contribution in [2.75, 3.05) is 19.6 Å². The number of amides is 2. The van der Waals surface area contributed by atoms with Crippen LogP contribution in [-0.2, 0) is 16.0 Å². The first kappa shape index (κ1) is 17.5. The lowest BCUT2D eigenvalue weighted by molar-refractivity contribution is -0.155. The average Bonchev–Trinajstić information content (AvgIpc) is 2.58. The molecule has 1 aromatic rings. The molecule has 0 spiro atoms. The molecule has 0 bridgehead atoms. The summed E-state index contributed by atoms with van der Waals surface area (Å²) >= 11 is 0. The highest BCUT2D eigenvalue weighted by molar-refractivity contribution is 5.94. The van der Waals surface area contributed by atoms with Crippen molar-refractivity contribution in [1.29, 1.82) is 0 Å². The average molecular weight is 316 g/mol. The van der Waals surface area contributed by atoms with Crippen molar-refractivity contribution < 1.29 is 9.59 Å². The summed E-state index contributed by atoms with van der Waals surface area (Å²) in [6.07, 6.45) is 2.87. The fourth-order valence-corrected chi connectivity index (χ4v) is 3.13.